The highest BCUT2D eigenvalue weighted by molar-refractivity contribution is 9.10. The number of amides is 1. The molecule has 0 spiro atoms. The number of carbonyl (C=O) groups excluding carboxylic acids is 1. The van der Waals surface area contributed by atoms with Gasteiger partial charge in [-0.15, -0.1) is 0 Å². The number of ether oxygens (including phenoxy) is 1. The highest BCUT2D eigenvalue weighted by atomic mass is 79.9. The zero-order valence-electron chi connectivity index (χ0n) is 20.7. The van der Waals surface area contributed by atoms with Gasteiger partial charge in [-0.1, -0.05) is 30.3 Å². The normalized spacial score (nSPS) is 11.4. The predicted molar refractivity (Wildman–Crippen MR) is 147 cm³/mol. The molecule has 0 radical (unpaired) electrons. The Bertz CT molecular complexity index is 1550. The van der Waals surface area contributed by atoms with Crippen LogP contribution in [-0.4, -0.2) is 75.2 Å². The van der Waals surface area contributed by atoms with Crippen LogP contribution in [0.3, 0.4) is 0 Å². The van der Waals surface area contributed by atoms with Crippen molar-refractivity contribution in [1.29, 1.82) is 0 Å². The van der Waals surface area contributed by atoms with E-state index < -0.39 is 0 Å². The van der Waals surface area contributed by atoms with Gasteiger partial charge in [-0.25, -0.2) is 9.97 Å². The second-order valence-electron chi connectivity index (χ2n) is 8.84. The van der Waals surface area contributed by atoms with Gasteiger partial charge in [0.15, 0.2) is 0 Å². The Hall–Kier alpha value is -3.96. The second-order valence-corrected chi connectivity index (χ2v) is 9.64. The Balaban J connectivity index is 1.35. The highest BCUT2D eigenvalue weighted by Crippen LogP contribution is 2.36. The van der Waals surface area contributed by atoms with E-state index in [9.17, 15) is 4.79 Å². The summed E-state index contributed by atoms with van der Waals surface area (Å²) in [6, 6.07) is 14.1. The monoisotopic (exact) mass is 562 g/mol. The number of nitrogens with one attached hydrogen (secondary N) is 3. The molecule has 1 amide bonds. The van der Waals surface area contributed by atoms with Crippen LogP contribution in [0.2, 0.25) is 0 Å². The molecule has 11 heteroatoms. The lowest BCUT2D eigenvalue weighted by Gasteiger charge is -2.22. The molecular weight excluding hydrogens is 536 g/mol. The topological polar surface area (TPSA) is 115 Å². The van der Waals surface area contributed by atoms with Crippen LogP contribution in [0, 0.1) is 0 Å². The van der Waals surface area contributed by atoms with Gasteiger partial charge in [0, 0.05) is 38.1 Å². The van der Waals surface area contributed by atoms with Gasteiger partial charge in [0.25, 0.3) is 5.91 Å². The highest BCUT2D eigenvalue weighted by Gasteiger charge is 2.23. The summed E-state index contributed by atoms with van der Waals surface area (Å²) in [6.45, 7) is 2.12. The van der Waals surface area contributed by atoms with Gasteiger partial charge in [-0.3, -0.25) is 9.89 Å². The predicted octanol–water partition coefficient (Wildman–Crippen LogP) is 4.55. The molecule has 0 bridgehead atoms. The average Bonchev–Trinajstić information content (AvgIpc) is 3.51. The van der Waals surface area contributed by atoms with Gasteiger partial charge < -0.3 is 24.8 Å². The van der Waals surface area contributed by atoms with Gasteiger partial charge >= 0.3 is 0 Å². The molecule has 0 saturated carbocycles. The van der Waals surface area contributed by atoms with E-state index in [1.165, 1.54) is 11.9 Å². The molecule has 3 aromatic heterocycles. The van der Waals surface area contributed by atoms with Crippen LogP contribution in [0.1, 0.15) is 16.1 Å². The van der Waals surface area contributed by atoms with E-state index in [4.69, 9.17) is 4.74 Å². The SMILES string of the molecule is COc1cc2[nH]ncc2cc1Nc1ncnc2[nH]c(C(=O)N(C)CCN(C)Cc3ccccc3)c(Br)c12. The molecule has 37 heavy (non-hydrogen) atoms. The molecule has 0 atom stereocenters. The number of hydrogen-bond acceptors (Lipinski definition) is 7. The summed E-state index contributed by atoms with van der Waals surface area (Å²) in [7, 11) is 5.45. The summed E-state index contributed by atoms with van der Waals surface area (Å²) in [6.07, 6.45) is 3.19. The molecule has 5 aromatic rings. The van der Waals surface area contributed by atoms with Crippen molar-refractivity contribution in [2.24, 2.45) is 0 Å². The smallest absolute Gasteiger partial charge is 0.271 e. The molecule has 10 nitrogen and oxygen atoms in total. The van der Waals surface area contributed by atoms with Crippen LogP contribution in [0.4, 0.5) is 11.5 Å². The van der Waals surface area contributed by atoms with Gasteiger partial charge in [0.2, 0.25) is 0 Å². The number of likely N-dealkylation sites (N-methyl/N-ethyl adjacent to an activating group) is 2. The zero-order valence-corrected chi connectivity index (χ0v) is 22.3. The Morgan fingerprint density at radius 3 is 2.73 bits per heavy atom. The molecule has 0 aliphatic heterocycles. The van der Waals surface area contributed by atoms with Crippen molar-refractivity contribution < 1.29 is 9.53 Å². The molecule has 3 heterocycles. The molecule has 0 aliphatic rings. The van der Waals surface area contributed by atoms with Crippen molar-refractivity contribution in [2.75, 3.05) is 39.6 Å². The summed E-state index contributed by atoms with van der Waals surface area (Å²) in [5.41, 5.74) is 3.79. The molecule has 5 rings (SSSR count). The number of fused-ring (bicyclic) bond motifs is 2. The fraction of sp³-hybridized carbons (Fsp3) is 0.231. The number of benzene rings is 2. The van der Waals surface area contributed by atoms with Gasteiger partial charge in [-0.2, -0.15) is 5.10 Å². The first-order chi connectivity index (χ1) is 17.9. The third-order valence-corrected chi connectivity index (χ3v) is 7.01. The first kappa shape index (κ1) is 24.7. The molecule has 2 aromatic carbocycles. The number of rotatable bonds is 9. The number of hydrogen-bond donors (Lipinski definition) is 3. The van der Waals surface area contributed by atoms with E-state index in [1.54, 1.807) is 25.3 Å². The van der Waals surface area contributed by atoms with Crippen LogP contribution in [0.15, 0.2) is 59.5 Å². The van der Waals surface area contributed by atoms with Crippen molar-refractivity contribution in [3.8, 4) is 5.75 Å². The Morgan fingerprint density at radius 1 is 1.14 bits per heavy atom. The number of methoxy groups -OCH3 is 1. The molecular formula is C26H27BrN8O2. The van der Waals surface area contributed by atoms with Crippen LogP contribution in [-0.2, 0) is 6.54 Å². The van der Waals surface area contributed by atoms with Gasteiger partial charge in [0.05, 0.1) is 34.4 Å². The molecule has 0 saturated heterocycles. The van der Waals surface area contributed by atoms with Crippen molar-refractivity contribution in [3.63, 3.8) is 0 Å². The quantitative estimate of drug-likeness (QED) is 0.241. The maximum Gasteiger partial charge on any atom is 0.271 e. The minimum Gasteiger partial charge on any atom is -0.494 e. The largest absolute Gasteiger partial charge is 0.494 e. The van der Waals surface area contributed by atoms with Gasteiger partial charge in [0.1, 0.15) is 29.2 Å². The van der Waals surface area contributed by atoms with Gasteiger partial charge in [-0.05, 0) is 34.6 Å². The lowest BCUT2D eigenvalue weighted by molar-refractivity contribution is 0.0776. The van der Waals surface area contributed by atoms with E-state index in [1.807, 2.05) is 37.4 Å². The van der Waals surface area contributed by atoms with Crippen molar-refractivity contribution in [3.05, 3.63) is 70.7 Å². The minimum absolute atomic E-state index is 0.138. The molecule has 3 N–H and O–H groups in total. The molecule has 190 valence electrons. The van der Waals surface area contributed by atoms with E-state index in [0.29, 0.717) is 39.3 Å². The Labute approximate surface area is 222 Å². The number of carbonyl (C=O) groups is 1. The number of aromatic amines is 2. The fourth-order valence-corrected chi connectivity index (χ4v) is 4.83. The van der Waals surface area contributed by atoms with Crippen LogP contribution >= 0.6 is 15.9 Å². The van der Waals surface area contributed by atoms with Crippen molar-refractivity contribution in [1.82, 2.24) is 34.9 Å². The minimum atomic E-state index is -0.138. The van der Waals surface area contributed by atoms with Crippen molar-refractivity contribution in [2.45, 2.75) is 6.54 Å². The summed E-state index contributed by atoms with van der Waals surface area (Å²) in [5, 5.41) is 12.0. The van der Waals surface area contributed by atoms with Crippen LogP contribution in [0.25, 0.3) is 21.9 Å². The lowest BCUT2D eigenvalue weighted by atomic mass is 10.2. The maximum atomic E-state index is 13.3. The number of anilines is 2. The first-order valence-corrected chi connectivity index (χ1v) is 12.5. The Morgan fingerprint density at radius 2 is 1.95 bits per heavy atom. The molecule has 0 fully saturated rings. The Kier molecular flexibility index (Phi) is 7.06. The number of H-pyrrole nitrogens is 2. The standard InChI is InChI=1S/C26H27BrN8O2/c1-34(14-16-7-5-4-6-8-16)9-10-35(2)26(36)23-22(27)21-24(28-15-29-25(21)32-23)31-19-11-17-13-30-33-18(17)12-20(19)37-3/h4-8,11-13,15H,9-10,14H2,1-3H3,(H,30,33)(H2,28,29,31,32). The molecule has 0 aliphatic carbocycles. The maximum absolute atomic E-state index is 13.3. The van der Waals surface area contributed by atoms with E-state index in [-0.39, 0.29) is 5.91 Å². The zero-order chi connectivity index (χ0) is 25.9. The number of aromatic nitrogens is 5. The molecule has 0 unspecified atom stereocenters. The van der Waals surface area contributed by atoms with E-state index >= 15 is 0 Å². The van der Waals surface area contributed by atoms with E-state index in [2.05, 4.69) is 63.4 Å². The lowest BCUT2D eigenvalue weighted by Crippen LogP contribution is -2.34. The summed E-state index contributed by atoms with van der Waals surface area (Å²) < 4.78 is 6.16. The summed E-state index contributed by atoms with van der Waals surface area (Å²) in [4.78, 5) is 29.2. The van der Waals surface area contributed by atoms with Crippen molar-refractivity contribution >= 4 is 55.3 Å². The number of halogens is 1. The third-order valence-electron chi connectivity index (χ3n) is 6.22. The van der Waals surface area contributed by atoms with E-state index in [0.717, 1.165) is 29.7 Å². The summed E-state index contributed by atoms with van der Waals surface area (Å²) in [5.74, 6) is 1.03. The van der Waals surface area contributed by atoms with Crippen LogP contribution in [0.5, 0.6) is 5.75 Å². The van der Waals surface area contributed by atoms with Crippen LogP contribution < -0.4 is 10.1 Å². The fourth-order valence-electron chi connectivity index (χ4n) is 4.18. The summed E-state index contributed by atoms with van der Waals surface area (Å²) >= 11 is 3.62. The average molecular weight is 563 g/mol. The number of nitrogens with zero attached hydrogens (tertiary/aromatic N) is 5. The third kappa shape index (κ3) is 5.13. The second kappa shape index (κ2) is 10.6. The first-order valence-electron chi connectivity index (χ1n) is 11.7.